The van der Waals surface area contributed by atoms with E-state index in [1.54, 1.807) is 6.20 Å². The number of rotatable bonds is 1. The van der Waals surface area contributed by atoms with E-state index in [2.05, 4.69) is 20.3 Å². The molecule has 0 unspecified atom stereocenters. The molecule has 5 nitrogen and oxygen atoms in total. The van der Waals surface area contributed by atoms with Gasteiger partial charge in [0.2, 0.25) is 0 Å². The zero-order chi connectivity index (χ0) is 12.7. The van der Waals surface area contributed by atoms with Gasteiger partial charge in [0, 0.05) is 5.56 Å². The van der Waals surface area contributed by atoms with Crippen LogP contribution >= 0.6 is 0 Å². The van der Waals surface area contributed by atoms with Crippen LogP contribution in [0.25, 0.3) is 11.3 Å². The molecule has 0 aliphatic carbocycles. The lowest BCUT2D eigenvalue weighted by Crippen LogP contribution is -2.03. The number of fused-ring (bicyclic) bond motifs is 2. The molecule has 1 aliphatic rings. The summed E-state index contributed by atoms with van der Waals surface area (Å²) >= 11 is 0. The maximum atomic E-state index is 5.87. The molecule has 0 saturated heterocycles. The van der Waals surface area contributed by atoms with Gasteiger partial charge >= 0.3 is 0 Å². The molecule has 0 radical (unpaired) electrons. The van der Waals surface area contributed by atoms with Gasteiger partial charge in [-0.25, -0.2) is 4.63 Å². The van der Waals surface area contributed by atoms with Gasteiger partial charge in [-0.15, -0.1) is 0 Å². The number of aromatic nitrogens is 2. The molecule has 3 aromatic rings. The van der Waals surface area contributed by atoms with E-state index in [9.17, 15) is 0 Å². The Kier molecular flexibility index (Phi) is 2.05. The van der Waals surface area contributed by atoms with Crippen molar-refractivity contribution in [1.82, 2.24) is 10.3 Å². The standard InChI is InChI=1S/C14H9N3O2/c1-2-6-12-10(5-1)16-14-9(11-8-15-19-17-11)4-3-7-13(14)18-12/h1-8,16H. The fourth-order valence-corrected chi connectivity index (χ4v) is 2.15. The Bertz CT molecular complexity index is 738. The summed E-state index contributed by atoms with van der Waals surface area (Å²) in [4.78, 5) is 0. The van der Waals surface area contributed by atoms with Crippen LogP contribution in [0.15, 0.2) is 53.3 Å². The van der Waals surface area contributed by atoms with Crippen molar-refractivity contribution >= 4 is 11.4 Å². The van der Waals surface area contributed by atoms with Crippen LogP contribution in [0.3, 0.4) is 0 Å². The van der Waals surface area contributed by atoms with E-state index in [0.717, 1.165) is 28.4 Å². The summed E-state index contributed by atoms with van der Waals surface area (Å²) in [5, 5.41) is 10.9. The SMILES string of the molecule is c1ccc2c(c1)Nc1c(cccc1-c1cnon1)O2. The normalized spacial score (nSPS) is 12.0. The summed E-state index contributed by atoms with van der Waals surface area (Å²) in [6.45, 7) is 0. The molecule has 0 amide bonds. The van der Waals surface area contributed by atoms with Crippen LogP contribution in [0.4, 0.5) is 11.4 Å². The average Bonchev–Trinajstić information content (AvgIpc) is 2.98. The summed E-state index contributed by atoms with van der Waals surface area (Å²) in [5.41, 5.74) is 3.37. The Morgan fingerprint density at radius 3 is 2.74 bits per heavy atom. The second-order valence-electron chi connectivity index (χ2n) is 4.19. The van der Waals surface area contributed by atoms with E-state index in [0.29, 0.717) is 5.69 Å². The highest BCUT2D eigenvalue weighted by Crippen LogP contribution is 2.45. The average molecular weight is 251 g/mol. The monoisotopic (exact) mass is 251 g/mol. The number of hydrogen-bond donors (Lipinski definition) is 1. The summed E-state index contributed by atoms with van der Waals surface area (Å²) in [6.07, 6.45) is 1.58. The second kappa shape index (κ2) is 3.84. The number of anilines is 2. The first kappa shape index (κ1) is 10.1. The number of benzene rings is 2. The minimum atomic E-state index is 0.673. The molecule has 1 N–H and O–H groups in total. The van der Waals surface area contributed by atoms with Gasteiger partial charge in [-0.1, -0.05) is 29.4 Å². The molecule has 5 heteroatoms. The molecule has 1 aromatic heterocycles. The molecule has 19 heavy (non-hydrogen) atoms. The van der Waals surface area contributed by atoms with Crippen molar-refractivity contribution in [3.8, 4) is 22.8 Å². The molecule has 2 heterocycles. The zero-order valence-corrected chi connectivity index (χ0v) is 9.83. The summed E-state index contributed by atoms with van der Waals surface area (Å²) in [7, 11) is 0. The quantitative estimate of drug-likeness (QED) is 0.560. The van der Waals surface area contributed by atoms with Crippen molar-refractivity contribution in [3.05, 3.63) is 48.7 Å². The van der Waals surface area contributed by atoms with Gasteiger partial charge in [-0.05, 0) is 23.4 Å². The Hall–Kier alpha value is -2.82. The lowest BCUT2D eigenvalue weighted by atomic mass is 10.1. The van der Waals surface area contributed by atoms with Gasteiger partial charge in [0.25, 0.3) is 0 Å². The highest BCUT2D eigenvalue weighted by atomic mass is 16.6. The Labute approximate surface area is 108 Å². The summed E-state index contributed by atoms with van der Waals surface area (Å²) in [5.74, 6) is 1.57. The Morgan fingerprint density at radius 1 is 0.947 bits per heavy atom. The van der Waals surface area contributed by atoms with E-state index in [4.69, 9.17) is 4.74 Å². The number of nitrogens with one attached hydrogen (secondary N) is 1. The molecular weight excluding hydrogens is 242 g/mol. The predicted molar refractivity (Wildman–Crippen MR) is 69.5 cm³/mol. The fraction of sp³-hybridized carbons (Fsp3) is 0. The molecule has 0 spiro atoms. The third-order valence-electron chi connectivity index (χ3n) is 3.03. The maximum absolute atomic E-state index is 5.87. The fourth-order valence-electron chi connectivity index (χ4n) is 2.15. The molecule has 1 aliphatic heterocycles. The van der Waals surface area contributed by atoms with E-state index < -0.39 is 0 Å². The van der Waals surface area contributed by atoms with Crippen LogP contribution in [0.2, 0.25) is 0 Å². The highest BCUT2D eigenvalue weighted by molar-refractivity contribution is 5.87. The van der Waals surface area contributed by atoms with Gasteiger partial charge in [0.05, 0.1) is 17.6 Å². The Balaban J connectivity index is 1.88. The lowest BCUT2D eigenvalue weighted by Gasteiger charge is -2.23. The Morgan fingerprint density at radius 2 is 1.84 bits per heavy atom. The summed E-state index contributed by atoms with van der Waals surface area (Å²) in [6, 6.07) is 13.6. The van der Waals surface area contributed by atoms with Crippen molar-refractivity contribution < 1.29 is 9.37 Å². The second-order valence-corrected chi connectivity index (χ2v) is 4.19. The number of para-hydroxylation sites is 3. The van der Waals surface area contributed by atoms with Gasteiger partial charge in [0.15, 0.2) is 11.5 Å². The molecule has 2 aromatic carbocycles. The van der Waals surface area contributed by atoms with Crippen LogP contribution in [0.1, 0.15) is 0 Å². The summed E-state index contributed by atoms with van der Waals surface area (Å²) < 4.78 is 10.5. The van der Waals surface area contributed by atoms with Gasteiger partial charge in [-0.3, -0.25) is 0 Å². The van der Waals surface area contributed by atoms with Gasteiger partial charge in [0.1, 0.15) is 5.69 Å². The van der Waals surface area contributed by atoms with Crippen molar-refractivity contribution in [1.29, 1.82) is 0 Å². The van der Waals surface area contributed by atoms with E-state index in [-0.39, 0.29) is 0 Å². The van der Waals surface area contributed by atoms with E-state index in [1.165, 1.54) is 0 Å². The third-order valence-corrected chi connectivity index (χ3v) is 3.03. The minimum Gasteiger partial charge on any atom is -0.453 e. The van der Waals surface area contributed by atoms with Crippen LogP contribution in [-0.4, -0.2) is 10.3 Å². The lowest BCUT2D eigenvalue weighted by molar-refractivity contribution is 0.308. The topological polar surface area (TPSA) is 60.2 Å². The first-order valence-electron chi connectivity index (χ1n) is 5.87. The minimum absolute atomic E-state index is 0.673. The first-order valence-corrected chi connectivity index (χ1v) is 5.87. The van der Waals surface area contributed by atoms with Gasteiger partial charge in [-0.2, -0.15) is 0 Å². The van der Waals surface area contributed by atoms with E-state index >= 15 is 0 Å². The molecule has 0 atom stereocenters. The van der Waals surface area contributed by atoms with Crippen molar-refractivity contribution in [2.45, 2.75) is 0 Å². The molecule has 4 rings (SSSR count). The van der Waals surface area contributed by atoms with Crippen LogP contribution in [0, 0.1) is 0 Å². The first-order chi connectivity index (χ1) is 9.42. The van der Waals surface area contributed by atoms with E-state index in [1.807, 2.05) is 42.5 Å². The number of ether oxygens (including phenoxy) is 1. The van der Waals surface area contributed by atoms with Crippen LogP contribution in [-0.2, 0) is 0 Å². The van der Waals surface area contributed by atoms with Crippen molar-refractivity contribution in [2.24, 2.45) is 0 Å². The molecule has 0 fully saturated rings. The third kappa shape index (κ3) is 1.55. The highest BCUT2D eigenvalue weighted by Gasteiger charge is 2.20. The number of nitrogens with zero attached hydrogens (tertiary/aromatic N) is 2. The molecule has 0 bridgehead atoms. The molecule has 92 valence electrons. The number of hydrogen-bond acceptors (Lipinski definition) is 5. The van der Waals surface area contributed by atoms with Crippen LogP contribution < -0.4 is 10.1 Å². The molecule has 0 saturated carbocycles. The predicted octanol–water partition coefficient (Wildman–Crippen LogP) is 3.59. The smallest absolute Gasteiger partial charge is 0.151 e. The van der Waals surface area contributed by atoms with Gasteiger partial charge < -0.3 is 10.1 Å². The molecular formula is C14H9N3O2. The van der Waals surface area contributed by atoms with Crippen LogP contribution in [0.5, 0.6) is 11.5 Å². The largest absolute Gasteiger partial charge is 0.453 e. The maximum Gasteiger partial charge on any atom is 0.151 e. The van der Waals surface area contributed by atoms with Crippen molar-refractivity contribution in [3.63, 3.8) is 0 Å². The van der Waals surface area contributed by atoms with Crippen molar-refractivity contribution in [2.75, 3.05) is 5.32 Å². The zero-order valence-electron chi connectivity index (χ0n) is 9.83.